The lowest BCUT2D eigenvalue weighted by Crippen LogP contribution is -2.43. The standard InChI is InChI=1S/C20H37N5O.HI/c1-6-21-20(22-12-9-13-26-18-10-7-8-11-18)23-15(2)14-19-16(3)24-25(5)17(19)4;/h15,18H,6-14H2,1-5H3,(H2,21,22,23);1H. The zero-order chi connectivity index (χ0) is 18.9. The van der Waals surface area contributed by atoms with E-state index in [-0.39, 0.29) is 24.0 Å². The van der Waals surface area contributed by atoms with Crippen molar-refractivity contribution < 1.29 is 4.74 Å². The molecule has 1 aliphatic rings. The third-order valence-corrected chi connectivity index (χ3v) is 5.12. The van der Waals surface area contributed by atoms with Gasteiger partial charge < -0.3 is 15.4 Å². The van der Waals surface area contributed by atoms with Gasteiger partial charge >= 0.3 is 0 Å². The Morgan fingerprint density at radius 1 is 1.33 bits per heavy atom. The summed E-state index contributed by atoms with van der Waals surface area (Å²) in [5.41, 5.74) is 3.68. The lowest BCUT2D eigenvalue weighted by molar-refractivity contribution is 0.0579. The maximum Gasteiger partial charge on any atom is 0.191 e. The molecule has 1 aromatic rings. The molecule has 0 bridgehead atoms. The minimum absolute atomic E-state index is 0. The number of nitrogens with zero attached hydrogens (tertiary/aromatic N) is 3. The van der Waals surface area contributed by atoms with Crippen molar-refractivity contribution in [2.75, 3.05) is 19.7 Å². The lowest BCUT2D eigenvalue weighted by atomic mass is 10.1. The summed E-state index contributed by atoms with van der Waals surface area (Å²) in [6.45, 7) is 11.0. The number of rotatable bonds is 9. The lowest BCUT2D eigenvalue weighted by Gasteiger charge is -2.18. The molecule has 1 aromatic heterocycles. The van der Waals surface area contributed by atoms with E-state index in [1.807, 2.05) is 11.7 Å². The van der Waals surface area contributed by atoms with Gasteiger partial charge in [0, 0.05) is 38.5 Å². The fraction of sp³-hybridized carbons (Fsp3) is 0.800. The van der Waals surface area contributed by atoms with Crippen molar-refractivity contribution in [2.45, 2.75) is 78.4 Å². The first-order valence-corrected chi connectivity index (χ1v) is 10.2. The van der Waals surface area contributed by atoms with Crippen LogP contribution in [-0.2, 0) is 18.2 Å². The Kier molecular flexibility index (Phi) is 11.3. The van der Waals surface area contributed by atoms with Crippen LogP contribution in [0.25, 0.3) is 0 Å². The minimum Gasteiger partial charge on any atom is -0.378 e. The Morgan fingerprint density at radius 3 is 2.63 bits per heavy atom. The van der Waals surface area contributed by atoms with E-state index >= 15 is 0 Å². The van der Waals surface area contributed by atoms with Gasteiger partial charge in [0.2, 0.25) is 0 Å². The van der Waals surface area contributed by atoms with Crippen molar-refractivity contribution in [1.82, 2.24) is 20.4 Å². The highest BCUT2D eigenvalue weighted by atomic mass is 127. The number of hydrogen-bond donors (Lipinski definition) is 2. The molecule has 0 saturated heterocycles. The highest BCUT2D eigenvalue weighted by Gasteiger charge is 2.15. The zero-order valence-electron chi connectivity index (χ0n) is 17.7. The Labute approximate surface area is 181 Å². The summed E-state index contributed by atoms with van der Waals surface area (Å²) in [6, 6.07) is 0.295. The van der Waals surface area contributed by atoms with Crippen LogP contribution in [0.3, 0.4) is 0 Å². The highest BCUT2D eigenvalue weighted by molar-refractivity contribution is 14.0. The van der Waals surface area contributed by atoms with Gasteiger partial charge in [0.25, 0.3) is 0 Å². The molecule has 1 saturated carbocycles. The molecule has 2 rings (SSSR count). The van der Waals surface area contributed by atoms with Crippen LogP contribution >= 0.6 is 24.0 Å². The molecule has 156 valence electrons. The van der Waals surface area contributed by atoms with Crippen LogP contribution in [0.4, 0.5) is 0 Å². The molecule has 1 aliphatic carbocycles. The number of aliphatic imine (C=N–C) groups is 1. The van der Waals surface area contributed by atoms with Gasteiger partial charge in [-0.15, -0.1) is 24.0 Å². The topological polar surface area (TPSA) is 63.5 Å². The van der Waals surface area contributed by atoms with Gasteiger partial charge in [-0.3, -0.25) is 9.67 Å². The maximum atomic E-state index is 5.91. The molecule has 2 N–H and O–H groups in total. The number of hydrogen-bond acceptors (Lipinski definition) is 3. The fourth-order valence-electron chi connectivity index (χ4n) is 3.58. The van der Waals surface area contributed by atoms with Gasteiger partial charge in [0.05, 0.1) is 11.8 Å². The van der Waals surface area contributed by atoms with E-state index in [4.69, 9.17) is 9.73 Å². The smallest absolute Gasteiger partial charge is 0.191 e. The molecule has 0 radical (unpaired) electrons. The third-order valence-electron chi connectivity index (χ3n) is 5.12. The predicted molar refractivity (Wildman–Crippen MR) is 123 cm³/mol. The molecule has 6 nitrogen and oxygen atoms in total. The van der Waals surface area contributed by atoms with Crippen molar-refractivity contribution in [3.63, 3.8) is 0 Å². The summed E-state index contributed by atoms with van der Waals surface area (Å²) < 4.78 is 7.87. The summed E-state index contributed by atoms with van der Waals surface area (Å²) in [5, 5.41) is 11.4. The van der Waals surface area contributed by atoms with Gasteiger partial charge in [-0.25, -0.2) is 0 Å². The van der Waals surface area contributed by atoms with E-state index in [1.54, 1.807) is 0 Å². The molecule has 0 aromatic carbocycles. The van der Waals surface area contributed by atoms with E-state index in [0.29, 0.717) is 12.1 Å². The first kappa shape index (κ1) is 24.2. The Morgan fingerprint density at radius 2 is 2.04 bits per heavy atom. The van der Waals surface area contributed by atoms with E-state index < -0.39 is 0 Å². The molecular weight excluding hydrogens is 453 g/mol. The number of aromatic nitrogens is 2. The molecule has 1 fully saturated rings. The molecule has 0 aliphatic heterocycles. The first-order chi connectivity index (χ1) is 12.5. The molecule has 0 spiro atoms. The average Bonchev–Trinajstić information content (AvgIpc) is 3.19. The van der Waals surface area contributed by atoms with Crippen molar-refractivity contribution in [2.24, 2.45) is 12.0 Å². The molecule has 27 heavy (non-hydrogen) atoms. The number of ether oxygens (including phenoxy) is 1. The first-order valence-electron chi connectivity index (χ1n) is 10.2. The number of aryl methyl sites for hydroxylation is 2. The van der Waals surface area contributed by atoms with Crippen LogP contribution in [0.5, 0.6) is 0 Å². The second-order valence-electron chi connectivity index (χ2n) is 7.41. The predicted octanol–water partition coefficient (Wildman–Crippen LogP) is 3.49. The SMILES string of the molecule is CCNC(=NCCCOC1CCCC1)NC(C)Cc1c(C)nn(C)c1C.I. The summed E-state index contributed by atoms with van der Waals surface area (Å²) >= 11 is 0. The third kappa shape index (κ3) is 7.97. The zero-order valence-corrected chi connectivity index (χ0v) is 20.0. The van der Waals surface area contributed by atoms with Gasteiger partial charge in [0.15, 0.2) is 5.96 Å². The van der Waals surface area contributed by atoms with Crippen LogP contribution < -0.4 is 10.6 Å². The number of halogens is 1. The monoisotopic (exact) mass is 491 g/mol. The molecule has 1 unspecified atom stereocenters. The van der Waals surface area contributed by atoms with E-state index in [2.05, 4.69) is 43.4 Å². The van der Waals surface area contributed by atoms with Gasteiger partial charge in [0.1, 0.15) is 0 Å². The number of nitrogens with one attached hydrogen (secondary N) is 2. The van der Waals surface area contributed by atoms with Crippen LogP contribution in [0.15, 0.2) is 4.99 Å². The van der Waals surface area contributed by atoms with Gasteiger partial charge in [-0.05, 0) is 58.9 Å². The maximum absolute atomic E-state index is 5.91. The van der Waals surface area contributed by atoms with Crippen molar-refractivity contribution in [3.8, 4) is 0 Å². The van der Waals surface area contributed by atoms with Crippen molar-refractivity contribution in [1.29, 1.82) is 0 Å². The number of guanidine groups is 1. The fourth-order valence-corrected chi connectivity index (χ4v) is 3.58. The Hall–Kier alpha value is -0.830. The molecule has 7 heteroatoms. The molecule has 0 amide bonds. The molecule has 1 atom stereocenters. The second-order valence-corrected chi connectivity index (χ2v) is 7.41. The second kappa shape index (κ2) is 12.6. The summed E-state index contributed by atoms with van der Waals surface area (Å²) in [5.74, 6) is 0.889. The van der Waals surface area contributed by atoms with Crippen LogP contribution in [0.2, 0.25) is 0 Å². The van der Waals surface area contributed by atoms with Crippen LogP contribution in [0, 0.1) is 13.8 Å². The van der Waals surface area contributed by atoms with Crippen LogP contribution in [0.1, 0.15) is 62.9 Å². The highest BCUT2D eigenvalue weighted by Crippen LogP contribution is 2.20. The summed E-state index contributed by atoms with van der Waals surface area (Å²) in [7, 11) is 2.00. The van der Waals surface area contributed by atoms with E-state index in [0.717, 1.165) is 44.2 Å². The van der Waals surface area contributed by atoms with Gasteiger partial charge in [-0.1, -0.05) is 12.8 Å². The van der Waals surface area contributed by atoms with Crippen molar-refractivity contribution in [3.05, 3.63) is 17.0 Å². The molecular formula is C20H38IN5O. The summed E-state index contributed by atoms with van der Waals surface area (Å²) in [6.07, 6.45) is 7.53. The van der Waals surface area contributed by atoms with Crippen LogP contribution in [-0.4, -0.2) is 47.6 Å². The van der Waals surface area contributed by atoms with Gasteiger partial charge in [-0.2, -0.15) is 5.10 Å². The quantitative estimate of drug-likeness (QED) is 0.240. The summed E-state index contributed by atoms with van der Waals surface area (Å²) in [4.78, 5) is 4.70. The Balaban J connectivity index is 0.00000364. The minimum atomic E-state index is 0. The Bertz CT molecular complexity index is 581. The van der Waals surface area contributed by atoms with Crippen molar-refractivity contribution >= 4 is 29.9 Å². The average molecular weight is 491 g/mol. The normalized spacial score (nSPS) is 16.3. The van der Waals surface area contributed by atoms with E-state index in [9.17, 15) is 0 Å². The largest absolute Gasteiger partial charge is 0.378 e. The molecule has 1 heterocycles. The van der Waals surface area contributed by atoms with E-state index in [1.165, 1.54) is 36.9 Å².